The highest BCUT2D eigenvalue weighted by molar-refractivity contribution is 6.30. The smallest absolute Gasteiger partial charge is 0.222 e. The summed E-state index contributed by atoms with van der Waals surface area (Å²) >= 11 is 5.72. The van der Waals surface area contributed by atoms with Crippen molar-refractivity contribution < 1.29 is 0 Å². The molecule has 0 radical (unpaired) electrons. The van der Waals surface area contributed by atoms with Gasteiger partial charge in [0.15, 0.2) is 0 Å². The van der Waals surface area contributed by atoms with Crippen molar-refractivity contribution in [3.63, 3.8) is 0 Å². The van der Waals surface area contributed by atoms with Gasteiger partial charge in [0.05, 0.1) is 17.4 Å². The number of anilines is 1. The van der Waals surface area contributed by atoms with E-state index < -0.39 is 0 Å². The van der Waals surface area contributed by atoms with Gasteiger partial charge in [-0.2, -0.15) is 0 Å². The first kappa shape index (κ1) is 12.6. The largest absolute Gasteiger partial charge is 0.354 e. The Hall–Kier alpha value is -0.870. The van der Waals surface area contributed by atoms with Crippen LogP contribution in [0.4, 0.5) is 5.95 Å². The Balaban J connectivity index is 1.67. The second-order valence-corrected chi connectivity index (χ2v) is 5.12. The number of likely N-dealkylation sites (tertiary alicyclic amines) is 1. The summed E-state index contributed by atoms with van der Waals surface area (Å²) in [4.78, 5) is 10.6. The zero-order chi connectivity index (χ0) is 12.1. The lowest BCUT2D eigenvalue weighted by atomic mass is 9.94. The van der Waals surface area contributed by atoms with Gasteiger partial charge in [0.25, 0.3) is 0 Å². The summed E-state index contributed by atoms with van der Waals surface area (Å²) in [6.07, 6.45) is 7.04. The lowest BCUT2D eigenvalue weighted by Crippen LogP contribution is -2.30. The molecule has 0 bridgehead atoms. The van der Waals surface area contributed by atoms with Crippen molar-refractivity contribution in [3.05, 3.63) is 17.4 Å². The van der Waals surface area contributed by atoms with Crippen LogP contribution < -0.4 is 5.32 Å². The number of rotatable bonds is 4. The standard InChI is InChI=1S/C12H19ClN4/c1-17-6-3-10(4-7-17)2-5-14-12-15-8-11(13)9-16-12/h8-10H,2-7H2,1H3,(H,14,15,16). The van der Waals surface area contributed by atoms with E-state index in [-0.39, 0.29) is 0 Å². The maximum absolute atomic E-state index is 5.72. The molecule has 1 aliphatic rings. The maximum Gasteiger partial charge on any atom is 0.222 e. The van der Waals surface area contributed by atoms with Crippen molar-refractivity contribution in [2.24, 2.45) is 5.92 Å². The normalized spacial score (nSPS) is 18.2. The molecule has 0 amide bonds. The molecular weight excluding hydrogens is 236 g/mol. The molecule has 4 nitrogen and oxygen atoms in total. The van der Waals surface area contributed by atoms with Crippen molar-refractivity contribution in [2.75, 3.05) is 32.0 Å². The Morgan fingerprint density at radius 3 is 2.65 bits per heavy atom. The van der Waals surface area contributed by atoms with Crippen LogP contribution in [0.3, 0.4) is 0 Å². The number of piperidine rings is 1. The van der Waals surface area contributed by atoms with E-state index in [2.05, 4.69) is 27.2 Å². The van der Waals surface area contributed by atoms with Crippen LogP contribution in [-0.2, 0) is 0 Å². The predicted molar refractivity (Wildman–Crippen MR) is 70.4 cm³/mol. The van der Waals surface area contributed by atoms with E-state index in [4.69, 9.17) is 11.6 Å². The number of aromatic nitrogens is 2. The second kappa shape index (κ2) is 6.17. The van der Waals surface area contributed by atoms with Crippen molar-refractivity contribution in [3.8, 4) is 0 Å². The van der Waals surface area contributed by atoms with Crippen LogP contribution in [0.15, 0.2) is 12.4 Å². The number of nitrogens with zero attached hydrogens (tertiary/aromatic N) is 3. The van der Waals surface area contributed by atoms with E-state index in [0.29, 0.717) is 11.0 Å². The molecule has 1 aromatic heterocycles. The van der Waals surface area contributed by atoms with Crippen molar-refractivity contribution in [1.82, 2.24) is 14.9 Å². The third-order valence-corrected chi connectivity index (χ3v) is 3.49. The third-order valence-electron chi connectivity index (χ3n) is 3.29. The third kappa shape index (κ3) is 4.13. The molecule has 1 fully saturated rings. The highest BCUT2D eigenvalue weighted by Gasteiger charge is 2.15. The quantitative estimate of drug-likeness (QED) is 0.895. The molecule has 5 heteroatoms. The topological polar surface area (TPSA) is 41.0 Å². The number of hydrogen-bond donors (Lipinski definition) is 1. The van der Waals surface area contributed by atoms with Gasteiger partial charge < -0.3 is 10.2 Å². The van der Waals surface area contributed by atoms with E-state index in [0.717, 1.165) is 12.5 Å². The minimum atomic E-state index is 0.575. The summed E-state index contributed by atoms with van der Waals surface area (Å²) in [7, 11) is 2.19. The van der Waals surface area contributed by atoms with Crippen molar-refractivity contribution >= 4 is 17.5 Å². The van der Waals surface area contributed by atoms with E-state index in [1.54, 1.807) is 12.4 Å². The van der Waals surface area contributed by atoms with E-state index in [1.807, 2.05) is 0 Å². The Morgan fingerprint density at radius 2 is 2.00 bits per heavy atom. The first-order valence-corrected chi connectivity index (χ1v) is 6.52. The lowest BCUT2D eigenvalue weighted by Gasteiger charge is -2.28. The van der Waals surface area contributed by atoms with Gasteiger partial charge in [-0.1, -0.05) is 11.6 Å². The minimum Gasteiger partial charge on any atom is -0.354 e. The molecule has 0 unspecified atom stereocenters. The molecule has 1 N–H and O–H groups in total. The van der Waals surface area contributed by atoms with Gasteiger partial charge in [0.2, 0.25) is 5.95 Å². The molecule has 0 aromatic carbocycles. The minimum absolute atomic E-state index is 0.575. The Labute approximate surface area is 107 Å². The summed E-state index contributed by atoms with van der Waals surface area (Å²) in [6, 6.07) is 0. The summed E-state index contributed by atoms with van der Waals surface area (Å²) in [5.74, 6) is 1.51. The molecule has 1 saturated heterocycles. The van der Waals surface area contributed by atoms with E-state index >= 15 is 0 Å². The summed E-state index contributed by atoms with van der Waals surface area (Å²) in [6.45, 7) is 3.39. The van der Waals surface area contributed by atoms with Gasteiger partial charge in [0.1, 0.15) is 0 Å². The molecule has 0 spiro atoms. The van der Waals surface area contributed by atoms with Gasteiger partial charge in [0, 0.05) is 6.54 Å². The zero-order valence-electron chi connectivity index (χ0n) is 10.2. The van der Waals surface area contributed by atoms with Crippen molar-refractivity contribution in [1.29, 1.82) is 0 Å². The molecule has 0 saturated carbocycles. The molecule has 0 atom stereocenters. The SMILES string of the molecule is CN1CCC(CCNc2ncc(Cl)cn2)CC1. The average molecular weight is 255 g/mol. The Kier molecular flexibility index (Phi) is 4.57. The van der Waals surface area contributed by atoms with Gasteiger partial charge in [-0.3, -0.25) is 0 Å². The van der Waals surface area contributed by atoms with Crippen LogP contribution in [0.2, 0.25) is 5.02 Å². The van der Waals surface area contributed by atoms with Crippen LogP contribution in [0, 0.1) is 5.92 Å². The summed E-state index contributed by atoms with van der Waals surface area (Å²) in [5, 5.41) is 3.81. The van der Waals surface area contributed by atoms with E-state index in [9.17, 15) is 0 Å². The summed E-state index contributed by atoms with van der Waals surface area (Å²) in [5.41, 5.74) is 0. The van der Waals surface area contributed by atoms with Crippen LogP contribution in [-0.4, -0.2) is 41.5 Å². The van der Waals surface area contributed by atoms with Crippen LogP contribution >= 0.6 is 11.6 Å². The van der Waals surface area contributed by atoms with Gasteiger partial charge >= 0.3 is 0 Å². The predicted octanol–water partition coefficient (Wildman–Crippen LogP) is 2.27. The fourth-order valence-electron chi connectivity index (χ4n) is 2.14. The molecule has 2 rings (SSSR count). The van der Waals surface area contributed by atoms with Gasteiger partial charge in [-0.25, -0.2) is 9.97 Å². The average Bonchev–Trinajstić information content (AvgIpc) is 2.34. The van der Waals surface area contributed by atoms with Crippen LogP contribution in [0.1, 0.15) is 19.3 Å². The first-order valence-electron chi connectivity index (χ1n) is 6.14. The molecule has 2 heterocycles. The van der Waals surface area contributed by atoms with E-state index in [1.165, 1.54) is 32.4 Å². The number of halogens is 1. The monoisotopic (exact) mass is 254 g/mol. The molecule has 0 aliphatic carbocycles. The zero-order valence-corrected chi connectivity index (χ0v) is 11.0. The fourth-order valence-corrected chi connectivity index (χ4v) is 2.24. The molecular formula is C12H19ClN4. The maximum atomic E-state index is 5.72. The Bertz CT molecular complexity index is 333. The number of nitrogens with one attached hydrogen (secondary N) is 1. The number of hydrogen-bond acceptors (Lipinski definition) is 4. The summed E-state index contributed by atoms with van der Waals surface area (Å²) < 4.78 is 0. The van der Waals surface area contributed by atoms with Crippen LogP contribution in [0.5, 0.6) is 0 Å². The van der Waals surface area contributed by atoms with Crippen molar-refractivity contribution in [2.45, 2.75) is 19.3 Å². The first-order chi connectivity index (χ1) is 8.24. The molecule has 1 aromatic rings. The second-order valence-electron chi connectivity index (χ2n) is 4.69. The van der Waals surface area contributed by atoms with Gasteiger partial charge in [-0.05, 0) is 45.3 Å². The van der Waals surface area contributed by atoms with Crippen LogP contribution in [0.25, 0.3) is 0 Å². The molecule has 1 aliphatic heterocycles. The highest BCUT2D eigenvalue weighted by atomic mass is 35.5. The van der Waals surface area contributed by atoms with Gasteiger partial charge in [-0.15, -0.1) is 0 Å². The fraction of sp³-hybridized carbons (Fsp3) is 0.667. The Morgan fingerprint density at radius 1 is 1.35 bits per heavy atom. The molecule has 17 heavy (non-hydrogen) atoms. The highest BCUT2D eigenvalue weighted by Crippen LogP contribution is 2.19. The lowest BCUT2D eigenvalue weighted by molar-refractivity contribution is 0.215. The molecule has 94 valence electrons.